The second-order valence-electron chi connectivity index (χ2n) is 1.28. The van der Waals surface area contributed by atoms with Gasteiger partial charge in [0.1, 0.15) is 0 Å². The van der Waals surface area contributed by atoms with Crippen LogP contribution >= 0.6 is 0 Å². The average Bonchev–Trinajstić information content (AvgIpc) is 1.38. The molecular weight excluding hydrogens is 169 g/mol. The second kappa shape index (κ2) is 2.73. The summed E-state index contributed by atoms with van der Waals surface area (Å²) in [4.78, 5) is 0. The van der Waals surface area contributed by atoms with Crippen LogP contribution in [0.15, 0.2) is 0 Å². The van der Waals surface area contributed by atoms with E-state index in [1.807, 2.05) is 13.8 Å². The quantitative estimate of drug-likeness (QED) is 0.504. The third-order valence-corrected chi connectivity index (χ3v) is 1.73. The Bertz CT molecular complexity index is 52.4. The molecule has 2 heteroatoms. The van der Waals surface area contributed by atoms with Crippen LogP contribution in [-0.2, 0) is 0 Å². The standard InChI is InChI=1S/C3H7.N.Sn/c1-3-2;;/h3H,1-2H3;;. The maximum atomic E-state index is 8.31. The first-order chi connectivity index (χ1) is 2.27. The van der Waals surface area contributed by atoms with Crippen molar-refractivity contribution in [1.82, 2.24) is 0 Å². The van der Waals surface area contributed by atoms with Gasteiger partial charge < -0.3 is 0 Å². The summed E-state index contributed by atoms with van der Waals surface area (Å²) in [6.45, 7) is 4.10. The van der Waals surface area contributed by atoms with E-state index in [2.05, 4.69) is 0 Å². The first-order valence-electron chi connectivity index (χ1n) is 1.67. The molecule has 28 valence electrons. The predicted molar refractivity (Wildman–Crippen MR) is 22.6 cm³/mol. The molecule has 0 aliphatic rings. The fraction of sp³-hybridized carbons (Fsp3) is 1.00. The minimum absolute atomic E-state index is 0.610. The topological polar surface area (TPSA) is 23.8 Å². The van der Waals surface area contributed by atoms with Crippen molar-refractivity contribution in [1.29, 1.82) is 3.38 Å². The van der Waals surface area contributed by atoms with Gasteiger partial charge in [0, 0.05) is 0 Å². The van der Waals surface area contributed by atoms with Crippen molar-refractivity contribution in [3.8, 4) is 0 Å². The monoisotopic (exact) mass is 177 g/mol. The molecule has 0 aromatic carbocycles. The van der Waals surface area contributed by atoms with Crippen LogP contribution in [0.4, 0.5) is 0 Å². The molecule has 0 aliphatic heterocycles. The van der Waals surface area contributed by atoms with Crippen molar-refractivity contribution in [2.24, 2.45) is 0 Å². The molecule has 0 rings (SSSR count). The molecule has 1 nitrogen and oxygen atoms in total. The van der Waals surface area contributed by atoms with E-state index in [0.29, 0.717) is 3.93 Å². The summed E-state index contributed by atoms with van der Waals surface area (Å²) in [5.41, 5.74) is 0. The fourth-order valence-corrected chi connectivity index (χ4v) is 0. The fourth-order valence-electron chi connectivity index (χ4n) is 0. The van der Waals surface area contributed by atoms with Crippen LogP contribution in [0, 0.1) is 3.38 Å². The SMILES string of the molecule is C[CH](C)[Sn]#[N]. The number of nitrogens with zero attached hydrogens (tertiary/aromatic N) is 1. The normalized spacial score (nSPS) is 7.60. The van der Waals surface area contributed by atoms with Crippen LogP contribution < -0.4 is 0 Å². The Kier molecular flexibility index (Phi) is 3.01. The van der Waals surface area contributed by atoms with E-state index in [-0.39, 0.29) is 0 Å². The molecule has 0 spiro atoms. The van der Waals surface area contributed by atoms with E-state index in [1.165, 1.54) is 0 Å². The molecule has 0 unspecified atom stereocenters. The molecule has 0 atom stereocenters. The molecule has 0 N–H and O–H groups in total. The zero-order valence-electron chi connectivity index (χ0n) is 3.52. The summed E-state index contributed by atoms with van der Waals surface area (Å²) < 4.78 is 8.92. The Balaban J connectivity index is 2.94. The van der Waals surface area contributed by atoms with Gasteiger partial charge in [0.2, 0.25) is 0 Å². The van der Waals surface area contributed by atoms with Gasteiger partial charge >= 0.3 is 41.9 Å². The molecule has 0 fully saturated rings. The summed E-state index contributed by atoms with van der Waals surface area (Å²) in [5, 5.41) is 0. The average molecular weight is 176 g/mol. The van der Waals surface area contributed by atoms with Gasteiger partial charge in [0.05, 0.1) is 0 Å². The van der Waals surface area contributed by atoms with Gasteiger partial charge in [0.25, 0.3) is 0 Å². The van der Waals surface area contributed by atoms with E-state index >= 15 is 0 Å². The maximum absolute atomic E-state index is 8.31. The van der Waals surface area contributed by atoms with Crippen molar-refractivity contribution >= 4 is 20.8 Å². The first-order valence-corrected chi connectivity index (χ1v) is 4.59. The summed E-state index contributed by atoms with van der Waals surface area (Å²) in [6, 6.07) is 0. The summed E-state index contributed by atoms with van der Waals surface area (Å²) in [7, 11) is 0. The van der Waals surface area contributed by atoms with E-state index in [4.69, 9.17) is 3.38 Å². The van der Waals surface area contributed by atoms with Crippen LogP contribution in [0.5, 0.6) is 0 Å². The Labute approximate surface area is 42.3 Å². The van der Waals surface area contributed by atoms with Crippen molar-refractivity contribution in [3.63, 3.8) is 0 Å². The third kappa shape index (κ3) is 4.51. The third-order valence-electron chi connectivity index (χ3n) is 0.258. The van der Waals surface area contributed by atoms with E-state index in [9.17, 15) is 0 Å². The Morgan fingerprint density at radius 3 is 1.80 bits per heavy atom. The first kappa shape index (κ1) is 5.51. The Morgan fingerprint density at radius 2 is 1.80 bits per heavy atom. The predicted octanol–water partition coefficient (Wildman–Crippen LogP) is 0.998. The van der Waals surface area contributed by atoms with Crippen LogP contribution in [0.1, 0.15) is 13.8 Å². The van der Waals surface area contributed by atoms with Crippen molar-refractivity contribution in [2.45, 2.75) is 17.8 Å². The summed E-state index contributed by atoms with van der Waals surface area (Å²) >= 11 is -0.866. The molecule has 0 aromatic rings. The van der Waals surface area contributed by atoms with E-state index < -0.39 is 20.8 Å². The van der Waals surface area contributed by atoms with Gasteiger partial charge in [-0.3, -0.25) is 0 Å². The zero-order chi connectivity index (χ0) is 4.28. The number of rotatable bonds is 0. The van der Waals surface area contributed by atoms with Crippen LogP contribution in [0.2, 0.25) is 3.93 Å². The molecule has 0 bridgehead atoms. The molecule has 0 radical (unpaired) electrons. The molecular formula is C3H7NSn. The second-order valence-corrected chi connectivity index (χ2v) is 5.32. The Morgan fingerprint density at radius 1 is 1.60 bits per heavy atom. The molecule has 0 saturated carbocycles. The molecule has 0 amide bonds. The summed E-state index contributed by atoms with van der Waals surface area (Å²) in [5.74, 6) is 0. The molecule has 0 aliphatic carbocycles. The van der Waals surface area contributed by atoms with Gasteiger partial charge in [0.15, 0.2) is 0 Å². The molecule has 5 heavy (non-hydrogen) atoms. The van der Waals surface area contributed by atoms with Crippen LogP contribution in [0.3, 0.4) is 0 Å². The van der Waals surface area contributed by atoms with Crippen molar-refractivity contribution in [2.75, 3.05) is 0 Å². The van der Waals surface area contributed by atoms with Gasteiger partial charge in [-0.1, -0.05) is 0 Å². The van der Waals surface area contributed by atoms with Crippen LogP contribution in [0.25, 0.3) is 0 Å². The van der Waals surface area contributed by atoms with E-state index in [0.717, 1.165) is 0 Å². The zero-order valence-corrected chi connectivity index (χ0v) is 6.38. The van der Waals surface area contributed by atoms with Gasteiger partial charge in [-0.15, -0.1) is 0 Å². The van der Waals surface area contributed by atoms with Gasteiger partial charge in [-0.05, 0) is 0 Å². The van der Waals surface area contributed by atoms with Crippen LogP contribution in [-0.4, -0.2) is 20.8 Å². The summed E-state index contributed by atoms with van der Waals surface area (Å²) in [6.07, 6.45) is 0. The van der Waals surface area contributed by atoms with Crippen molar-refractivity contribution < 1.29 is 0 Å². The molecule has 0 heterocycles. The molecule has 0 aromatic heterocycles. The number of hydrogen-bond donors (Lipinski definition) is 0. The van der Waals surface area contributed by atoms with Crippen molar-refractivity contribution in [3.05, 3.63) is 0 Å². The van der Waals surface area contributed by atoms with Gasteiger partial charge in [-0.25, -0.2) is 0 Å². The van der Waals surface area contributed by atoms with Gasteiger partial charge in [-0.2, -0.15) is 0 Å². The number of hydrogen-bond acceptors (Lipinski definition) is 1. The minimum atomic E-state index is -0.866. The Hall–Kier alpha value is 0.509. The van der Waals surface area contributed by atoms with E-state index in [1.54, 1.807) is 0 Å². The molecule has 0 saturated heterocycles.